The van der Waals surface area contributed by atoms with Gasteiger partial charge in [-0.15, -0.1) is 0 Å². The van der Waals surface area contributed by atoms with Gasteiger partial charge in [0.2, 0.25) is 5.58 Å². The van der Waals surface area contributed by atoms with Crippen LogP contribution in [0.3, 0.4) is 0 Å². The average Bonchev–Trinajstić information content (AvgIpc) is 2.41. The quantitative estimate of drug-likeness (QED) is 0.628. The number of aromatic nitrogens is 1. The van der Waals surface area contributed by atoms with E-state index in [4.69, 9.17) is 8.94 Å². The second-order valence-corrected chi connectivity index (χ2v) is 2.86. The molecule has 0 saturated heterocycles. The number of furan rings is 1. The van der Waals surface area contributed by atoms with E-state index >= 15 is 0 Å². The second-order valence-electron chi connectivity index (χ2n) is 2.86. The molecule has 0 N–H and O–H groups in total. The summed E-state index contributed by atoms with van der Waals surface area (Å²) in [5, 5.41) is 4.66. The van der Waals surface area contributed by atoms with Gasteiger partial charge in [0.25, 0.3) is 0 Å². The van der Waals surface area contributed by atoms with Crippen LogP contribution >= 0.6 is 0 Å². The highest BCUT2D eigenvalue weighted by Gasteiger charge is 2.12. The summed E-state index contributed by atoms with van der Waals surface area (Å²) in [5.41, 5.74) is 0.730. The van der Waals surface area contributed by atoms with Gasteiger partial charge in [-0.05, 0) is 0 Å². The van der Waals surface area contributed by atoms with E-state index in [0.717, 1.165) is 16.7 Å². The molecule has 0 unspecified atom stereocenters. The first-order chi connectivity index (χ1) is 5.29. The zero-order chi connectivity index (χ0) is 7.84. The van der Waals surface area contributed by atoms with E-state index in [1.807, 2.05) is 0 Å². The molecule has 2 aromatic heterocycles. The lowest BCUT2D eigenvalue weighted by Gasteiger charge is -1.96. The van der Waals surface area contributed by atoms with Crippen molar-refractivity contribution in [2.75, 3.05) is 0 Å². The first kappa shape index (κ1) is 6.46. The molecule has 58 valence electrons. The van der Waals surface area contributed by atoms with Crippen molar-refractivity contribution in [2.24, 2.45) is 0 Å². The van der Waals surface area contributed by atoms with Gasteiger partial charge in [-0.3, -0.25) is 0 Å². The summed E-state index contributed by atoms with van der Waals surface area (Å²) in [6, 6.07) is 0. The summed E-state index contributed by atoms with van der Waals surface area (Å²) < 4.78 is 10.2. The van der Waals surface area contributed by atoms with E-state index < -0.39 is 0 Å². The van der Waals surface area contributed by atoms with Gasteiger partial charge in [0.15, 0.2) is 0 Å². The van der Waals surface area contributed by atoms with Gasteiger partial charge in [0, 0.05) is 5.92 Å². The number of hydrogen-bond acceptors (Lipinski definition) is 3. The van der Waals surface area contributed by atoms with E-state index in [1.165, 1.54) is 0 Å². The monoisotopic (exact) mass is 151 g/mol. The molecule has 2 heterocycles. The Balaban J connectivity index is 2.68. The third-order valence-electron chi connectivity index (χ3n) is 1.68. The van der Waals surface area contributed by atoms with Crippen LogP contribution in [0.4, 0.5) is 0 Å². The third-order valence-corrected chi connectivity index (χ3v) is 1.68. The standard InChI is InChI=1S/C8H9NO2/c1-5(2)8-6-3-9-11-7(6)4-10-8/h3-5H,1-2H3. The Hall–Kier alpha value is -1.25. The van der Waals surface area contributed by atoms with Gasteiger partial charge < -0.3 is 8.94 Å². The van der Waals surface area contributed by atoms with Crippen molar-refractivity contribution >= 4 is 11.0 Å². The first-order valence-electron chi connectivity index (χ1n) is 3.61. The molecule has 0 aromatic carbocycles. The van der Waals surface area contributed by atoms with Crippen LogP contribution in [0.15, 0.2) is 21.4 Å². The molecule has 11 heavy (non-hydrogen) atoms. The Kier molecular flexibility index (Phi) is 1.24. The summed E-state index contributed by atoms with van der Waals surface area (Å²) in [7, 11) is 0. The first-order valence-corrected chi connectivity index (χ1v) is 3.61. The maximum absolute atomic E-state index is 5.28. The molecular weight excluding hydrogens is 142 g/mol. The Morgan fingerprint density at radius 2 is 2.27 bits per heavy atom. The number of nitrogens with zero attached hydrogens (tertiary/aromatic N) is 1. The average molecular weight is 151 g/mol. The molecule has 3 nitrogen and oxygen atoms in total. The molecule has 2 rings (SSSR count). The summed E-state index contributed by atoms with van der Waals surface area (Å²) in [5.74, 6) is 1.33. The molecule has 0 amide bonds. The molecule has 0 aliphatic rings. The molecule has 0 saturated carbocycles. The van der Waals surface area contributed by atoms with E-state index in [-0.39, 0.29) is 0 Å². The van der Waals surface area contributed by atoms with Crippen LogP contribution < -0.4 is 0 Å². The van der Waals surface area contributed by atoms with Crippen molar-refractivity contribution < 1.29 is 8.94 Å². The summed E-state index contributed by atoms with van der Waals surface area (Å²) >= 11 is 0. The molecule has 0 bridgehead atoms. The Morgan fingerprint density at radius 1 is 1.45 bits per heavy atom. The lowest BCUT2D eigenvalue weighted by molar-refractivity contribution is 0.438. The minimum atomic E-state index is 0.381. The Bertz CT molecular complexity index is 359. The van der Waals surface area contributed by atoms with Crippen molar-refractivity contribution in [3.05, 3.63) is 18.2 Å². The molecule has 0 aliphatic carbocycles. The molecule has 2 aromatic rings. The van der Waals surface area contributed by atoms with Crippen LogP contribution in [0, 0.1) is 0 Å². The van der Waals surface area contributed by atoms with Crippen LogP contribution in [0.25, 0.3) is 11.0 Å². The van der Waals surface area contributed by atoms with Crippen LogP contribution in [0.1, 0.15) is 25.5 Å². The van der Waals surface area contributed by atoms with Crippen LogP contribution in [-0.4, -0.2) is 5.16 Å². The SMILES string of the molecule is CC(C)c1occ2oncc12. The van der Waals surface area contributed by atoms with Crippen molar-refractivity contribution in [1.82, 2.24) is 5.16 Å². The molecule has 0 aliphatic heterocycles. The smallest absolute Gasteiger partial charge is 0.205 e. The van der Waals surface area contributed by atoms with Gasteiger partial charge in [-0.2, -0.15) is 0 Å². The number of hydrogen-bond donors (Lipinski definition) is 0. The largest absolute Gasteiger partial charge is 0.464 e. The Labute approximate surface area is 64.0 Å². The number of rotatable bonds is 1. The topological polar surface area (TPSA) is 39.2 Å². The third kappa shape index (κ3) is 0.843. The normalized spacial score (nSPS) is 11.5. The zero-order valence-electron chi connectivity index (χ0n) is 6.50. The summed E-state index contributed by atoms with van der Waals surface area (Å²) in [6.45, 7) is 4.15. The zero-order valence-corrected chi connectivity index (χ0v) is 6.50. The highest BCUT2D eigenvalue weighted by molar-refractivity contribution is 5.77. The van der Waals surface area contributed by atoms with Gasteiger partial charge in [0.05, 0.1) is 11.6 Å². The fourth-order valence-electron chi connectivity index (χ4n) is 1.15. The van der Waals surface area contributed by atoms with Crippen LogP contribution in [-0.2, 0) is 0 Å². The van der Waals surface area contributed by atoms with Gasteiger partial charge in [-0.1, -0.05) is 19.0 Å². The van der Waals surface area contributed by atoms with Gasteiger partial charge >= 0.3 is 0 Å². The van der Waals surface area contributed by atoms with E-state index in [9.17, 15) is 0 Å². The fraction of sp³-hybridized carbons (Fsp3) is 0.375. The van der Waals surface area contributed by atoms with Crippen molar-refractivity contribution in [3.63, 3.8) is 0 Å². The van der Waals surface area contributed by atoms with Crippen LogP contribution in [0.5, 0.6) is 0 Å². The molecule has 0 radical (unpaired) electrons. The maximum atomic E-state index is 5.28. The predicted octanol–water partition coefficient (Wildman–Crippen LogP) is 2.54. The number of fused-ring (bicyclic) bond motifs is 1. The maximum Gasteiger partial charge on any atom is 0.205 e. The molecule has 0 fully saturated rings. The lowest BCUT2D eigenvalue weighted by atomic mass is 10.1. The summed E-state index contributed by atoms with van der Waals surface area (Å²) in [4.78, 5) is 0. The second kappa shape index (κ2) is 2.12. The Morgan fingerprint density at radius 3 is 3.00 bits per heavy atom. The van der Waals surface area contributed by atoms with Crippen molar-refractivity contribution in [1.29, 1.82) is 0 Å². The van der Waals surface area contributed by atoms with Crippen molar-refractivity contribution in [2.45, 2.75) is 19.8 Å². The van der Waals surface area contributed by atoms with E-state index in [0.29, 0.717) is 5.92 Å². The fourth-order valence-corrected chi connectivity index (χ4v) is 1.15. The van der Waals surface area contributed by atoms with Crippen LogP contribution in [0.2, 0.25) is 0 Å². The lowest BCUT2D eigenvalue weighted by Crippen LogP contribution is -1.81. The van der Waals surface area contributed by atoms with E-state index in [2.05, 4.69) is 19.0 Å². The van der Waals surface area contributed by atoms with Crippen molar-refractivity contribution in [3.8, 4) is 0 Å². The summed E-state index contributed by atoms with van der Waals surface area (Å²) in [6.07, 6.45) is 3.28. The van der Waals surface area contributed by atoms with Gasteiger partial charge in [-0.25, -0.2) is 0 Å². The van der Waals surface area contributed by atoms with Gasteiger partial charge in [0.1, 0.15) is 12.0 Å². The highest BCUT2D eigenvalue weighted by Crippen LogP contribution is 2.26. The minimum absolute atomic E-state index is 0.381. The molecule has 0 spiro atoms. The van der Waals surface area contributed by atoms with E-state index in [1.54, 1.807) is 12.5 Å². The molecule has 3 heteroatoms. The highest BCUT2D eigenvalue weighted by atomic mass is 16.5. The predicted molar refractivity (Wildman–Crippen MR) is 40.4 cm³/mol. The molecule has 0 atom stereocenters. The molecular formula is C8H9NO2. The minimum Gasteiger partial charge on any atom is -0.464 e.